The number of carbonyl (C=O) groups is 1. The van der Waals surface area contributed by atoms with Crippen LogP contribution in [-0.4, -0.2) is 32.1 Å². The largest absolute Gasteiger partial charge is 0.271 e. The fraction of sp³-hybridized carbons (Fsp3) is 0.174. The lowest BCUT2D eigenvalue weighted by Crippen LogP contribution is -2.40. The van der Waals surface area contributed by atoms with E-state index in [0.717, 1.165) is 21.0 Å². The van der Waals surface area contributed by atoms with Gasteiger partial charge in [-0.15, -0.1) is 0 Å². The number of anilines is 1. The van der Waals surface area contributed by atoms with Crippen LogP contribution in [0.15, 0.2) is 77.0 Å². The number of pyridine rings is 1. The number of aryl methyl sites for hydroxylation is 3. The molecule has 7 nitrogen and oxygen atoms in total. The minimum Gasteiger partial charge on any atom is -0.271 e. The highest BCUT2D eigenvalue weighted by Gasteiger charge is 2.28. The van der Waals surface area contributed by atoms with Gasteiger partial charge in [0.05, 0.1) is 16.8 Å². The molecule has 1 amide bonds. The number of hydrazone groups is 1. The van der Waals surface area contributed by atoms with Gasteiger partial charge in [0.15, 0.2) is 0 Å². The molecule has 3 rings (SSSR count). The maximum atomic E-state index is 13.4. The van der Waals surface area contributed by atoms with Gasteiger partial charge in [0.2, 0.25) is 0 Å². The molecule has 31 heavy (non-hydrogen) atoms. The third kappa shape index (κ3) is 5.55. The maximum absolute atomic E-state index is 13.4. The molecule has 8 heteroatoms. The first-order valence-electron chi connectivity index (χ1n) is 9.66. The van der Waals surface area contributed by atoms with Gasteiger partial charge in [0.1, 0.15) is 6.54 Å². The zero-order valence-corrected chi connectivity index (χ0v) is 18.4. The lowest BCUT2D eigenvalue weighted by atomic mass is 10.1. The zero-order valence-electron chi connectivity index (χ0n) is 17.6. The van der Waals surface area contributed by atoms with Crippen LogP contribution < -0.4 is 9.73 Å². The van der Waals surface area contributed by atoms with Gasteiger partial charge in [-0.2, -0.15) is 5.10 Å². The van der Waals surface area contributed by atoms with Crippen molar-refractivity contribution in [3.05, 3.63) is 89.2 Å². The van der Waals surface area contributed by atoms with Crippen molar-refractivity contribution in [3.63, 3.8) is 0 Å². The van der Waals surface area contributed by atoms with Crippen LogP contribution in [-0.2, 0) is 14.8 Å². The summed E-state index contributed by atoms with van der Waals surface area (Å²) in [5.74, 6) is -0.559. The minimum absolute atomic E-state index is 0.116. The van der Waals surface area contributed by atoms with E-state index in [1.165, 1.54) is 6.21 Å². The summed E-state index contributed by atoms with van der Waals surface area (Å²) < 4.78 is 28.0. The third-order valence-electron chi connectivity index (χ3n) is 4.62. The van der Waals surface area contributed by atoms with Crippen LogP contribution in [0, 0.1) is 20.8 Å². The molecular formula is C23H24N4O3S. The highest BCUT2D eigenvalue weighted by molar-refractivity contribution is 7.92. The van der Waals surface area contributed by atoms with Crippen molar-refractivity contribution in [3.8, 4) is 0 Å². The highest BCUT2D eigenvalue weighted by Crippen LogP contribution is 2.28. The third-order valence-corrected chi connectivity index (χ3v) is 6.39. The number of hydrogen-bond donors (Lipinski definition) is 1. The second kappa shape index (κ2) is 9.53. The van der Waals surface area contributed by atoms with E-state index in [4.69, 9.17) is 0 Å². The molecule has 0 unspecified atom stereocenters. The van der Waals surface area contributed by atoms with Gasteiger partial charge in [-0.1, -0.05) is 35.9 Å². The average molecular weight is 437 g/mol. The molecule has 0 aliphatic heterocycles. The molecule has 2 aromatic carbocycles. The van der Waals surface area contributed by atoms with Crippen molar-refractivity contribution < 1.29 is 13.2 Å². The van der Waals surface area contributed by atoms with Crippen LogP contribution in [0.25, 0.3) is 0 Å². The molecule has 160 valence electrons. The van der Waals surface area contributed by atoms with Gasteiger partial charge < -0.3 is 0 Å². The van der Waals surface area contributed by atoms with Gasteiger partial charge in [-0.05, 0) is 56.2 Å². The predicted octanol–water partition coefficient (Wildman–Crippen LogP) is 3.35. The number of carbonyl (C=O) groups excluding carboxylic acids is 1. The van der Waals surface area contributed by atoms with E-state index < -0.39 is 22.5 Å². The van der Waals surface area contributed by atoms with E-state index in [2.05, 4.69) is 15.5 Å². The minimum atomic E-state index is -3.97. The van der Waals surface area contributed by atoms with Crippen LogP contribution in [0.2, 0.25) is 0 Å². The number of nitrogens with one attached hydrogen (secondary N) is 1. The van der Waals surface area contributed by atoms with E-state index in [1.54, 1.807) is 54.9 Å². The van der Waals surface area contributed by atoms with E-state index in [9.17, 15) is 13.2 Å². The molecule has 0 aliphatic rings. The Morgan fingerprint density at radius 2 is 1.77 bits per heavy atom. The van der Waals surface area contributed by atoms with E-state index in [0.29, 0.717) is 11.3 Å². The molecule has 0 spiro atoms. The van der Waals surface area contributed by atoms with Crippen molar-refractivity contribution in [1.29, 1.82) is 0 Å². The van der Waals surface area contributed by atoms with Crippen LogP contribution >= 0.6 is 0 Å². The van der Waals surface area contributed by atoms with E-state index in [-0.39, 0.29) is 4.90 Å². The Morgan fingerprint density at radius 3 is 2.45 bits per heavy atom. The number of aromatic nitrogens is 1. The lowest BCUT2D eigenvalue weighted by molar-refractivity contribution is -0.119. The molecule has 0 aliphatic carbocycles. The van der Waals surface area contributed by atoms with Gasteiger partial charge in [-0.3, -0.25) is 14.1 Å². The van der Waals surface area contributed by atoms with Crippen molar-refractivity contribution in [2.24, 2.45) is 5.10 Å². The molecule has 3 aromatic rings. The standard InChI is InChI=1S/C23H24N4O3S/c1-17-7-10-21(11-8-17)31(29,30)27(22-13-18(2)6-9-19(22)3)16-23(28)26-25-15-20-5-4-12-24-14-20/h4-15H,16H2,1-3H3,(H,26,28)/b25-15-. The molecule has 1 aromatic heterocycles. The molecule has 0 radical (unpaired) electrons. The summed E-state index contributed by atoms with van der Waals surface area (Å²) >= 11 is 0. The number of amides is 1. The lowest BCUT2D eigenvalue weighted by Gasteiger charge is -2.25. The molecule has 1 heterocycles. The van der Waals surface area contributed by atoms with Gasteiger partial charge >= 0.3 is 0 Å². The summed E-state index contributed by atoms with van der Waals surface area (Å²) in [5.41, 5.74) is 6.13. The van der Waals surface area contributed by atoms with Crippen molar-refractivity contribution in [2.75, 3.05) is 10.8 Å². The smallest absolute Gasteiger partial charge is 0.264 e. The van der Waals surface area contributed by atoms with Gasteiger partial charge in [0, 0.05) is 18.0 Å². The predicted molar refractivity (Wildman–Crippen MR) is 122 cm³/mol. The average Bonchev–Trinajstić information content (AvgIpc) is 2.75. The summed E-state index contributed by atoms with van der Waals surface area (Å²) in [7, 11) is -3.97. The van der Waals surface area contributed by atoms with Crippen LogP contribution in [0.3, 0.4) is 0 Å². The molecule has 1 N–H and O–H groups in total. The van der Waals surface area contributed by atoms with E-state index in [1.807, 2.05) is 32.9 Å². The van der Waals surface area contributed by atoms with Crippen molar-refractivity contribution >= 4 is 27.8 Å². The quantitative estimate of drug-likeness (QED) is 0.454. The molecular weight excluding hydrogens is 412 g/mol. The first-order valence-corrected chi connectivity index (χ1v) is 11.1. The first kappa shape index (κ1) is 22.2. The zero-order chi connectivity index (χ0) is 22.4. The highest BCUT2D eigenvalue weighted by atomic mass is 32.2. The molecule has 0 saturated carbocycles. The fourth-order valence-electron chi connectivity index (χ4n) is 2.92. The topological polar surface area (TPSA) is 91.7 Å². The Kier molecular flexibility index (Phi) is 6.81. The summed E-state index contributed by atoms with van der Waals surface area (Å²) in [5, 5.41) is 3.91. The van der Waals surface area contributed by atoms with Crippen LogP contribution in [0.1, 0.15) is 22.3 Å². The Balaban J connectivity index is 1.90. The summed E-state index contributed by atoms with van der Waals surface area (Å²) in [6.07, 6.45) is 4.68. The first-order chi connectivity index (χ1) is 14.8. The molecule has 0 fully saturated rings. The monoisotopic (exact) mass is 436 g/mol. The second-order valence-corrected chi connectivity index (χ2v) is 9.06. The van der Waals surface area contributed by atoms with Crippen molar-refractivity contribution in [1.82, 2.24) is 10.4 Å². The van der Waals surface area contributed by atoms with E-state index >= 15 is 0 Å². The van der Waals surface area contributed by atoms with Crippen molar-refractivity contribution in [2.45, 2.75) is 25.7 Å². The SMILES string of the molecule is Cc1ccc(S(=O)(=O)N(CC(=O)N/N=C\c2cccnc2)c2cc(C)ccc2C)cc1. The number of rotatable bonds is 7. The summed E-state index contributed by atoms with van der Waals surface area (Å²) in [6, 6.07) is 15.6. The Hall–Kier alpha value is -3.52. The van der Waals surface area contributed by atoms with Gasteiger partial charge in [-0.25, -0.2) is 13.8 Å². The Labute approximate surface area is 182 Å². The molecule has 0 bridgehead atoms. The van der Waals surface area contributed by atoms with Crippen LogP contribution in [0.4, 0.5) is 5.69 Å². The number of hydrogen-bond acceptors (Lipinski definition) is 5. The fourth-order valence-corrected chi connectivity index (χ4v) is 4.40. The number of benzene rings is 2. The molecule has 0 atom stereocenters. The number of nitrogens with zero attached hydrogens (tertiary/aromatic N) is 3. The summed E-state index contributed by atoms with van der Waals surface area (Å²) in [6.45, 7) is 5.15. The van der Waals surface area contributed by atoms with Crippen LogP contribution in [0.5, 0.6) is 0 Å². The molecule has 0 saturated heterocycles. The normalized spacial score (nSPS) is 11.5. The summed E-state index contributed by atoms with van der Waals surface area (Å²) in [4.78, 5) is 16.7. The number of sulfonamides is 1. The Bertz CT molecular complexity index is 1190. The Morgan fingerprint density at radius 1 is 1.06 bits per heavy atom. The second-order valence-electron chi connectivity index (χ2n) is 7.19. The van der Waals surface area contributed by atoms with Gasteiger partial charge in [0.25, 0.3) is 15.9 Å². The maximum Gasteiger partial charge on any atom is 0.264 e.